The zero-order chi connectivity index (χ0) is 27.4. The number of esters is 1. The molecule has 0 bridgehead atoms. The number of amides is 1. The van der Waals surface area contributed by atoms with Crippen molar-refractivity contribution in [1.29, 1.82) is 0 Å². The molecule has 0 unspecified atom stereocenters. The molecular formula is C25H24ClF3N4O4. The van der Waals surface area contributed by atoms with Gasteiger partial charge in [0.05, 0.1) is 17.7 Å². The molecular weight excluding hydrogens is 513 g/mol. The molecule has 0 saturated carbocycles. The number of nitrogens with one attached hydrogen (secondary N) is 1. The van der Waals surface area contributed by atoms with Crippen LogP contribution in [0, 0.1) is 0 Å². The fraction of sp³-hybridized carbons (Fsp3) is 0.280. The third-order valence-electron chi connectivity index (χ3n) is 5.28. The third-order valence-corrected chi connectivity index (χ3v) is 5.53. The molecule has 0 spiro atoms. The van der Waals surface area contributed by atoms with E-state index < -0.39 is 41.4 Å². The van der Waals surface area contributed by atoms with Gasteiger partial charge in [-0.1, -0.05) is 23.7 Å². The van der Waals surface area contributed by atoms with Crippen molar-refractivity contribution >= 4 is 29.7 Å². The number of rotatable bonds is 8. The summed E-state index contributed by atoms with van der Waals surface area (Å²) in [6.45, 7) is 4.34. The zero-order valence-corrected chi connectivity index (χ0v) is 20.9. The first-order valence-corrected chi connectivity index (χ1v) is 11.5. The molecule has 1 aromatic heterocycles. The van der Waals surface area contributed by atoms with E-state index in [1.807, 2.05) is 0 Å². The summed E-state index contributed by atoms with van der Waals surface area (Å²) in [4.78, 5) is 37.7. The largest absolute Gasteiger partial charge is 0.463 e. The van der Waals surface area contributed by atoms with Crippen LogP contribution in [-0.4, -0.2) is 32.8 Å². The Kier molecular flexibility index (Phi) is 8.27. The van der Waals surface area contributed by atoms with Gasteiger partial charge in [-0.25, -0.2) is 18.8 Å². The van der Waals surface area contributed by atoms with Gasteiger partial charge < -0.3 is 10.1 Å². The van der Waals surface area contributed by atoms with Crippen molar-refractivity contribution in [2.75, 3.05) is 6.61 Å². The van der Waals surface area contributed by atoms with Crippen LogP contribution in [0.25, 0.3) is 17.6 Å². The van der Waals surface area contributed by atoms with E-state index in [0.29, 0.717) is 10.6 Å². The maximum atomic E-state index is 13.1. The van der Waals surface area contributed by atoms with E-state index in [9.17, 15) is 27.6 Å². The molecule has 1 amide bonds. The Morgan fingerprint density at radius 1 is 1.11 bits per heavy atom. The summed E-state index contributed by atoms with van der Waals surface area (Å²) in [7, 11) is 0. The minimum absolute atomic E-state index is 0.132. The highest BCUT2D eigenvalue weighted by Crippen LogP contribution is 2.32. The molecule has 2 aromatic carbocycles. The molecule has 0 atom stereocenters. The van der Waals surface area contributed by atoms with Crippen molar-refractivity contribution in [2.24, 2.45) is 0 Å². The molecule has 37 heavy (non-hydrogen) atoms. The molecule has 0 aliphatic carbocycles. The number of carbonyl (C=O) groups is 2. The minimum atomic E-state index is -4.54. The van der Waals surface area contributed by atoms with Crippen molar-refractivity contribution in [3.05, 3.63) is 81.2 Å². The van der Waals surface area contributed by atoms with Crippen molar-refractivity contribution in [3.63, 3.8) is 0 Å². The van der Waals surface area contributed by atoms with Gasteiger partial charge in [-0.3, -0.25) is 4.79 Å². The number of nitrogens with zero attached hydrogens (tertiary/aromatic N) is 3. The second-order valence-corrected chi connectivity index (χ2v) is 8.90. The number of halogens is 4. The van der Waals surface area contributed by atoms with E-state index >= 15 is 0 Å². The summed E-state index contributed by atoms with van der Waals surface area (Å²) < 4.78 is 46.2. The first-order valence-electron chi connectivity index (χ1n) is 11.1. The molecule has 12 heteroatoms. The van der Waals surface area contributed by atoms with Gasteiger partial charge >= 0.3 is 17.8 Å². The summed E-state index contributed by atoms with van der Waals surface area (Å²) in [6, 6.07) is 11.0. The fourth-order valence-electron chi connectivity index (χ4n) is 3.46. The Bertz CT molecular complexity index is 1380. The monoisotopic (exact) mass is 536 g/mol. The van der Waals surface area contributed by atoms with Gasteiger partial charge in [-0.15, -0.1) is 5.10 Å². The summed E-state index contributed by atoms with van der Waals surface area (Å²) >= 11 is 5.94. The maximum absolute atomic E-state index is 13.1. The Morgan fingerprint density at radius 2 is 1.76 bits per heavy atom. The van der Waals surface area contributed by atoms with Crippen molar-refractivity contribution in [2.45, 2.75) is 39.0 Å². The van der Waals surface area contributed by atoms with E-state index in [1.165, 1.54) is 18.3 Å². The number of ether oxygens (including phenoxy) is 1. The number of benzene rings is 2. The topological polar surface area (TPSA) is 95.2 Å². The maximum Gasteiger partial charge on any atom is 0.416 e. The summed E-state index contributed by atoms with van der Waals surface area (Å²) in [6.07, 6.45) is -2.31. The average molecular weight is 537 g/mol. The number of hydrogen-bond donors (Lipinski definition) is 1. The predicted molar refractivity (Wildman–Crippen MR) is 132 cm³/mol. The summed E-state index contributed by atoms with van der Waals surface area (Å²) in [5.74, 6) is -1.21. The van der Waals surface area contributed by atoms with Crippen LogP contribution < -0.4 is 11.0 Å². The second kappa shape index (κ2) is 11.0. The normalized spacial score (nSPS) is 12.1. The first-order chi connectivity index (χ1) is 17.3. The van der Waals surface area contributed by atoms with Crippen molar-refractivity contribution in [1.82, 2.24) is 19.7 Å². The smallest absolute Gasteiger partial charge is 0.416 e. The van der Waals surface area contributed by atoms with Crippen LogP contribution in [0.3, 0.4) is 0 Å². The number of carbonyl (C=O) groups excluding carboxylic acids is 2. The molecule has 0 fully saturated rings. The third kappa shape index (κ3) is 6.88. The van der Waals surface area contributed by atoms with Crippen LogP contribution in [-0.2, 0) is 32.6 Å². The van der Waals surface area contributed by atoms with Gasteiger partial charge in [-0.2, -0.15) is 13.2 Å². The standard InChI is InChI=1S/C25H24ClF3N4O4/c1-4-37-21(35)12-13-32-22(16-8-10-19(26)11-9-16)31-33(23(32)36)15-20(34)30-24(2,3)17-6-5-7-18(14-17)25(27,28)29/h5-14H,4,15H2,1-3H3,(H,30,34)/b13-12+. The summed E-state index contributed by atoms with van der Waals surface area (Å²) in [5, 5.41) is 7.33. The summed E-state index contributed by atoms with van der Waals surface area (Å²) in [5.41, 5.74) is -2.04. The SMILES string of the molecule is CCOC(=O)/C=C/n1c(-c2ccc(Cl)cc2)nn(CC(=O)NC(C)(C)c2cccc(C(F)(F)F)c2)c1=O. The Balaban J connectivity index is 1.90. The molecule has 0 aliphatic heterocycles. The van der Waals surface area contributed by atoms with Crippen LogP contribution in [0.4, 0.5) is 13.2 Å². The lowest BCUT2D eigenvalue weighted by atomic mass is 9.92. The lowest BCUT2D eigenvalue weighted by Crippen LogP contribution is -2.44. The van der Waals surface area contributed by atoms with E-state index in [1.54, 1.807) is 45.0 Å². The van der Waals surface area contributed by atoms with E-state index in [-0.39, 0.29) is 18.0 Å². The molecule has 3 rings (SSSR count). The Hall–Kier alpha value is -3.86. The van der Waals surface area contributed by atoms with Gasteiger partial charge in [-0.05, 0) is 62.7 Å². The van der Waals surface area contributed by atoms with Gasteiger partial charge in [0.1, 0.15) is 6.54 Å². The van der Waals surface area contributed by atoms with Gasteiger partial charge in [0.25, 0.3) is 0 Å². The van der Waals surface area contributed by atoms with Crippen LogP contribution in [0.15, 0.2) is 59.4 Å². The Labute approximate surface area is 215 Å². The van der Waals surface area contributed by atoms with Crippen LogP contribution >= 0.6 is 11.6 Å². The highest BCUT2D eigenvalue weighted by Gasteiger charge is 2.32. The van der Waals surface area contributed by atoms with Crippen molar-refractivity contribution in [3.8, 4) is 11.4 Å². The number of alkyl halides is 3. The van der Waals surface area contributed by atoms with Crippen LogP contribution in [0.2, 0.25) is 5.02 Å². The van der Waals surface area contributed by atoms with Crippen molar-refractivity contribution < 1.29 is 27.5 Å². The van der Waals surface area contributed by atoms with E-state index in [2.05, 4.69) is 10.4 Å². The van der Waals surface area contributed by atoms with E-state index in [0.717, 1.165) is 27.5 Å². The molecule has 1 heterocycles. The highest BCUT2D eigenvalue weighted by atomic mass is 35.5. The van der Waals surface area contributed by atoms with Gasteiger partial charge in [0.15, 0.2) is 5.82 Å². The molecule has 0 radical (unpaired) electrons. The second-order valence-electron chi connectivity index (χ2n) is 8.46. The number of aromatic nitrogens is 3. The number of hydrogen-bond acceptors (Lipinski definition) is 5. The molecule has 196 valence electrons. The fourth-order valence-corrected chi connectivity index (χ4v) is 3.59. The minimum Gasteiger partial charge on any atom is -0.463 e. The lowest BCUT2D eigenvalue weighted by molar-refractivity contribution is -0.138. The molecule has 1 N–H and O–H groups in total. The highest BCUT2D eigenvalue weighted by molar-refractivity contribution is 6.30. The predicted octanol–water partition coefficient (Wildman–Crippen LogP) is 4.47. The average Bonchev–Trinajstić information content (AvgIpc) is 3.12. The molecule has 0 aliphatic rings. The molecule has 3 aromatic rings. The van der Waals surface area contributed by atoms with Gasteiger partial charge in [0, 0.05) is 22.9 Å². The lowest BCUT2D eigenvalue weighted by Gasteiger charge is -2.27. The zero-order valence-electron chi connectivity index (χ0n) is 20.2. The van der Waals surface area contributed by atoms with Gasteiger partial charge in [0.2, 0.25) is 5.91 Å². The first kappa shape index (κ1) is 27.7. The van der Waals surface area contributed by atoms with E-state index in [4.69, 9.17) is 16.3 Å². The molecule has 8 nitrogen and oxygen atoms in total. The molecule has 0 saturated heterocycles. The quantitative estimate of drug-likeness (QED) is 0.338. The van der Waals surface area contributed by atoms with Crippen LogP contribution in [0.1, 0.15) is 31.9 Å². The van der Waals surface area contributed by atoms with Crippen LogP contribution in [0.5, 0.6) is 0 Å². The Morgan fingerprint density at radius 3 is 2.38 bits per heavy atom.